The zero-order valence-electron chi connectivity index (χ0n) is 12.7. The van der Waals surface area contributed by atoms with Crippen molar-refractivity contribution in [2.45, 2.75) is 19.0 Å². The third kappa shape index (κ3) is 5.07. The molecular weight excluding hydrogens is 343 g/mol. The molecule has 3 rings (SSSR count). The molecule has 5 nitrogen and oxygen atoms in total. The molecule has 0 radical (unpaired) electrons. The summed E-state index contributed by atoms with van der Waals surface area (Å²) < 4.78 is 41.9. The Bertz CT molecular complexity index is 728. The number of hydrogen-bond donors (Lipinski definition) is 2. The van der Waals surface area contributed by atoms with Gasteiger partial charge in [-0.1, -0.05) is 11.3 Å². The van der Waals surface area contributed by atoms with E-state index in [0.717, 1.165) is 6.54 Å². The first kappa shape index (κ1) is 17.0. The third-order valence-corrected chi connectivity index (χ3v) is 4.36. The Kier molecular flexibility index (Phi) is 4.91. The van der Waals surface area contributed by atoms with Gasteiger partial charge in [0.15, 0.2) is 11.7 Å². The minimum absolute atomic E-state index is 0.118. The van der Waals surface area contributed by atoms with Gasteiger partial charge in [-0.3, -0.25) is 4.79 Å². The van der Waals surface area contributed by atoms with E-state index in [1.54, 1.807) is 6.07 Å². The van der Waals surface area contributed by atoms with Crippen LogP contribution in [0.1, 0.15) is 12.8 Å². The van der Waals surface area contributed by atoms with E-state index >= 15 is 0 Å². The summed E-state index contributed by atoms with van der Waals surface area (Å²) in [5.41, 5.74) is 0.598. The maximum Gasteiger partial charge on any atom is 0.422 e. The second-order valence-electron chi connectivity index (χ2n) is 5.67. The van der Waals surface area contributed by atoms with Gasteiger partial charge in [-0.25, -0.2) is 4.98 Å². The number of nitrogens with one attached hydrogen (secondary N) is 2. The maximum absolute atomic E-state index is 12.2. The fraction of sp³-hybridized carbons (Fsp3) is 0.467. The van der Waals surface area contributed by atoms with Crippen molar-refractivity contribution in [2.75, 3.05) is 25.0 Å². The summed E-state index contributed by atoms with van der Waals surface area (Å²) in [6.07, 6.45) is -1.95. The molecule has 0 saturated heterocycles. The Morgan fingerprint density at radius 2 is 2.17 bits per heavy atom. The van der Waals surface area contributed by atoms with Gasteiger partial charge >= 0.3 is 6.18 Å². The SMILES string of the molecule is O=C(CNCC1CC1)Nc1nc2ccc(OCC(F)(F)F)cc2s1. The minimum Gasteiger partial charge on any atom is -0.484 e. The van der Waals surface area contributed by atoms with E-state index in [9.17, 15) is 18.0 Å². The number of thiazole rings is 1. The number of carbonyl (C=O) groups excluding carboxylic acids is 1. The zero-order valence-corrected chi connectivity index (χ0v) is 13.5. The highest BCUT2D eigenvalue weighted by Gasteiger charge is 2.28. The number of halogens is 3. The molecule has 1 heterocycles. The lowest BCUT2D eigenvalue weighted by Crippen LogP contribution is -2.29. The van der Waals surface area contributed by atoms with Gasteiger partial charge < -0.3 is 15.4 Å². The summed E-state index contributed by atoms with van der Waals surface area (Å²) in [6.45, 7) is -0.285. The first-order valence-electron chi connectivity index (χ1n) is 7.50. The molecule has 9 heteroatoms. The summed E-state index contributed by atoms with van der Waals surface area (Å²) in [4.78, 5) is 16.1. The van der Waals surface area contributed by atoms with Crippen LogP contribution in [0.4, 0.5) is 18.3 Å². The van der Waals surface area contributed by atoms with Crippen molar-refractivity contribution in [1.82, 2.24) is 10.3 Å². The molecular formula is C15H16F3N3O2S. The quantitative estimate of drug-likeness (QED) is 0.797. The lowest BCUT2D eigenvalue weighted by Gasteiger charge is -2.08. The summed E-state index contributed by atoms with van der Waals surface area (Å²) in [7, 11) is 0. The van der Waals surface area contributed by atoms with Gasteiger partial charge in [0.2, 0.25) is 5.91 Å². The van der Waals surface area contributed by atoms with Crippen LogP contribution in [0, 0.1) is 5.92 Å². The molecule has 1 fully saturated rings. The smallest absolute Gasteiger partial charge is 0.422 e. The molecule has 130 valence electrons. The highest BCUT2D eigenvalue weighted by molar-refractivity contribution is 7.22. The molecule has 0 aliphatic heterocycles. The summed E-state index contributed by atoms with van der Waals surface area (Å²) in [6, 6.07) is 4.48. The molecule has 1 aliphatic rings. The predicted molar refractivity (Wildman–Crippen MR) is 85.4 cm³/mol. The number of rotatable bonds is 7. The molecule has 1 aromatic heterocycles. The molecule has 0 atom stereocenters. The van der Waals surface area contributed by atoms with Gasteiger partial charge in [0.25, 0.3) is 0 Å². The van der Waals surface area contributed by atoms with Crippen LogP contribution in [0.2, 0.25) is 0 Å². The fourth-order valence-corrected chi connectivity index (χ4v) is 3.00. The number of anilines is 1. The normalized spacial score (nSPS) is 14.8. The van der Waals surface area contributed by atoms with Gasteiger partial charge in [-0.05, 0) is 43.5 Å². The van der Waals surface area contributed by atoms with Gasteiger partial charge in [0.05, 0.1) is 16.8 Å². The molecule has 0 unspecified atom stereocenters. The van der Waals surface area contributed by atoms with Gasteiger partial charge in [0, 0.05) is 0 Å². The van der Waals surface area contributed by atoms with E-state index in [4.69, 9.17) is 4.74 Å². The summed E-state index contributed by atoms with van der Waals surface area (Å²) >= 11 is 1.19. The molecule has 1 aliphatic carbocycles. The largest absolute Gasteiger partial charge is 0.484 e. The Morgan fingerprint density at radius 1 is 1.38 bits per heavy atom. The number of hydrogen-bond acceptors (Lipinski definition) is 5. The number of nitrogens with zero attached hydrogens (tertiary/aromatic N) is 1. The highest BCUT2D eigenvalue weighted by Crippen LogP contribution is 2.30. The molecule has 1 saturated carbocycles. The second kappa shape index (κ2) is 6.94. The van der Waals surface area contributed by atoms with Gasteiger partial charge in [-0.2, -0.15) is 13.2 Å². The fourth-order valence-electron chi connectivity index (χ4n) is 2.09. The Labute approximate surface area is 140 Å². The lowest BCUT2D eigenvalue weighted by atomic mass is 10.3. The molecule has 2 N–H and O–H groups in total. The standard InChI is InChI=1S/C15H16F3N3O2S/c16-15(17,18)8-23-10-3-4-11-12(5-10)24-14(20-11)21-13(22)7-19-6-9-1-2-9/h3-5,9,19H,1-2,6-8H2,(H,20,21,22). The van der Waals surface area contributed by atoms with Crippen molar-refractivity contribution < 1.29 is 22.7 Å². The van der Waals surface area contributed by atoms with Crippen molar-refractivity contribution in [3.8, 4) is 5.75 Å². The van der Waals surface area contributed by atoms with Crippen molar-refractivity contribution in [3.63, 3.8) is 0 Å². The van der Waals surface area contributed by atoms with E-state index in [-0.39, 0.29) is 18.2 Å². The number of aromatic nitrogens is 1. The molecule has 24 heavy (non-hydrogen) atoms. The van der Waals surface area contributed by atoms with E-state index in [1.807, 2.05) is 0 Å². The van der Waals surface area contributed by atoms with Crippen LogP contribution in [0.5, 0.6) is 5.75 Å². The minimum atomic E-state index is -4.38. The van der Waals surface area contributed by atoms with Crippen LogP contribution in [0.3, 0.4) is 0 Å². The van der Waals surface area contributed by atoms with Crippen molar-refractivity contribution in [2.24, 2.45) is 5.92 Å². The molecule has 1 aromatic carbocycles. The monoisotopic (exact) mass is 359 g/mol. The predicted octanol–water partition coefficient (Wildman–Crippen LogP) is 3.18. The van der Waals surface area contributed by atoms with Crippen LogP contribution < -0.4 is 15.4 Å². The first-order chi connectivity index (χ1) is 11.4. The number of alkyl halides is 3. The van der Waals surface area contributed by atoms with Gasteiger partial charge in [-0.15, -0.1) is 0 Å². The van der Waals surface area contributed by atoms with Crippen molar-refractivity contribution >= 4 is 32.6 Å². The number of amides is 1. The topological polar surface area (TPSA) is 63.2 Å². The molecule has 1 amide bonds. The maximum atomic E-state index is 12.2. The Hall–Kier alpha value is -1.87. The van der Waals surface area contributed by atoms with E-state index in [0.29, 0.717) is 21.3 Å². The van der Waals surface area contributed by atoms with Crippen molar-refractivity contribution in [3.05, 3.63) is 18.2 Å². The van der Waals surface area contributed by atoms with Crippen LogP contribution >= 0.6 is 11.3 Å². The average Bonchev–Trinajstić information content (AvgIpc) is 3.23. The van der Waals surface area contributed by atoms with Crippen LogP contribution in [-0.2, 0) is 4.79 Å². The van der Waals surface area contributed by atoms with Gasteiger partial charge in [0.1, 0.15) is 5.75 Å². The number of benzene rings is 1. The van der Waals surface area contributed by atoms with Crippen LogP contribution in [0.25, 0.3) is 10.2 Å². The Morgan fingerprint density at radius 3 is 2.88 bits per heavy atom. The van der Waals surface area contributed by atoms with E-state index in [2.05, 4.69) is 15.6 Å². The van der Waals surface area contributed by atoms with E-state index < -0.39 is 12.8 Å². The van der Waals surface area contributed by atoms with Crippen LogP contribution in [0.15, 0.2) is 18.2 Å². The van der Waals surface area contributed by atoms with E-state index in [1.165, 1.54) is 36.3 Å². The average molecular weight is 359 g/mol. The Balaban J connectivity index is 1.57. The number of carbonyl (C=O) groups is 1. The third-order valence-electron chi connectivity index (χ3n) is 3.42. The number of fused-ring (bicyclic) bond motifs is 1. The summed E-state index contributed by atoms with van der Waals surface area (Å²) in [5.74, 6) is 0.617. The van der Waals surface area contributed by atoms with Crippen molar-refractivity contribution in [1.29, 1.82) is 0 Å². The molecule has 0 spiro atoms. The molecule has 2 aromatic rings. The zero-order chi connectivity index (χ0) is 17.2. The second-order valence-corrected chi connectivity index (χ2v) is 6.71. The highest BCUT2D eigenvalue weighted by atomic mass is 32.1. The number of ether oxygens (including phenoxy) is 1. The van der Waals surface area contributed by atoms with Crippen LogP contribution in [-0.4, -0.2) is 36.8 Å². The molecule has 0 bridgehead atoms. The lowest BCUT2D eigenvalue weighted by molar-refractivity contribution is -0.153. The summed E-state index contributed by atoms with van der Waals surface area (Å²) in [5, 5.41) is 6.18. The first-order valence-corrected chi connectivity index (χ1v) is 8.31.